The van der Waals surface area contributed by atoms with Crippen molar-refractivity contribution in [3.05, 3.63) is 66.0 Å². The van der Waals surface area contributed by atoms with E-state index < -0.39 is 6.10 Å². The molecule has 0 aliphatic carbocycles. The van der Waals surface area contributed by atoms with Gasteiger partial charge in [0.25, 0.3) is 5.91 Å². The third-order valence-electron chi connectivity index (χ3n) is 6.17. The van der Waals surface area contributed by atoms with Crippen molar-refractivity contribution in [2.24, 2.45) is 0 Å². The Morgan fingerprint density at radius 3 is 2.57 bits per heavy atom. The first kappa shape index (κ1) is 24.6. The number of carbonyl (C=O) groups is 1. The van der Waals surface area contributed by atoms with Crippen LogP contribution in [0, 0.1) is 6.92 Å². The highest BCUT2D eigenvalue weighted by Gasteiger charge is 2.22. The topological polar surface area (TPSA) is 102 Å². The Hall–Kier alpha value is -3.56. The molecule has 0 saturated carbocycles. The van der Waals surface area contributed by atoms with Gasteiger partial charge in [-0.2, -0.15) is 4.98 Å². The number of hydrogen-bond acceptors (Lipinski definition) is 8. The highest BCUT2D eigenvalue weighted by molar-refractivity contribution is 5.95. The van der Waals surface area contributed by atoms with Crippen molar-refractivity contribution in [1.29, 1.82) is 0 Å². The maximum Gasteiger partial charge on any atom is 0.253 e. The molecule has 1 aliphatic heterocycles. The van der Waals surface area contributed by atoms with Crippen molar-refractivity contribution in [2.45, 2.75) is 45.5 Å². The number of aromatic nitrogens is 3. The third kappa shape index (κ3) is 6.52. The van der Waals surface area contributed by atoms with Gasteiger partial charge in [-0.1, -0.05) is 36.4 Å². The largest absolute Gasteiger partial charge is 0.373 e. The van der Waals surface area contributed by atoms with Crippen LogP contribution in [0.5, 0.6) is 0 Å². The smallest absolute Gasteiger partial charge is 0.253 e. The summed E-state index contributed by atoms with van der Waals surface area (Å²) >= 11 is 0. The zero-order valence-corrected chi connectivity index (χ0v) is 20.4. The number of amides is 1. The minimum Gasteiger partial charge on any atom is -0.373 e. The second kappa shape index (κ2) is 11.7. The Labute approximate surface area is 205 Å². The van der Waals surface area contributed by atoms with Gasteiger partial charge in [0.2, 0.25) is 11.9 Å². The summed E-state index contributed by atoms with van der Waals surface area (Å²) in [6.07, 6.45) is 3.05. The lowest BCUT2D eigenvalue weighted by Crippen LogP contribution is -2.38. The molecule has 1 aliphatic rings. The standard InChI is InChI=1S/C26H32N6O3/c1-18-22(29-24(33)19(2)34-3)10-7-11-23(18)30-25-27-17-28-26(31-25)32-14-12-21(13-15-32)35-16-20-8-5-4-6-9-20/h4-11,17,19,21H,12-16H2,1-3H3,(H,29,33)(H,27,28,30,31)/t19-/m0/s1. The number of anilines is 4. The zero-order valence-electron chi connectivity index (χ0n) is 20.4. The summed E-state index contributed by atoms with van der Waals surface area (Å²) in [7, 11) is 1.51. The summed E-state index contributed by atoms with van der Waals surface area (Å²) < 4.78 is 11.2. The molecule has 2 heterocycles. The van der Waals surface area contributed by atoms with E-state index in [4.69, 9.17) is 9.47 Å². The van der Waals surface area contributed by atoms with Gasteiger partial charge < -0.3 is 25.0 Å². The van der Waals surface area contributed by atoms with E-state index in [2.05, 4.69) is 42.6 Å². The molecule has 0 radical (unpaired) electrons. The number of hydrogen-bond donors (Lipinski definition) is 2. The molecule has 0 bridgehead atoms. The predicted octanol–water partition coefficient (Wildman–Crippen LogP) is 4.08. The lowest BCUT2D eigenvalue weighted by molar-refractivity contribution is -0.124. The van der Waals surface area contributed by atoms with Gasteiger partial charge >= 0.3 is 0 Å². The summed E-state index contributed by atoms with van der Waals surface area (Å²) in [5, 5.41) is 6.16. The van der Waals surface area contributed by atoms with E-state index in [1.807, 2.05) is 43.3 Å². The molecule has 35 heavy (non-hydrogen) atoms. The molecule has 9 nitrogen and oxygen atoms in total. The monoisotopic (exact) mass is 476 g/mol. The number of nitrogens with zero attached hydrogens (tertiary/aromatic N) is 4. The number of ether oxygens (including phenoxy) is 2. The van der Waals surface area contributed by atoms with Crippen LogP contribution < -0.4 is 15.5 Å². The molecular weight excluding hydrogens is 444 g/mol. The van der Waals surface area contributed by atoms with E-state index in [0.29, 0.717) is 24.2 Å². The number of rotatable bonds is 9. The number of methoxy groups -OCH3 is 1. The maximum atomic E-state index is 12.2. The van der Waals surface area contributed by atoms with Gasteiger partial charge in [0.1, 0.15) is 12.4 Å². The molecule has 2 N–H and O–H groups in total. The fourth-order valence-electron chi connectivity index (χ4n) is 3.88. The van der Waals surface area contributed by atoms with E-state index >= 15 is 0 Å². The summed E-state index contributed by atoms with van der Waals surface area (Å²) in [6.45, 7) is 5.91. The van der Waals surface area contributed by atoms with Gasteiger partial charge in [-0.3, -0.25) is 4.79 Å². The molecule has 0 unspecified atom stereocenters. The molecule has 184 valence electrons. The molecule has 9 heteroatoms. The Bertz CT molecular complexity index is 1120. The van der Waals surface area contributed by atoms with Gasteiger partial charge in [-0.25, -0.2) is 9.97 Å². The number of nitrogens with one attached hydrogen (secondary N) is 2. The van der Waals surface area contributed by atoms with Gasteiger partial charge in [-0.05, 0) is 49.9 Å². The SMILES string of the molecule is CO[C@@H](C)C(=O)Nc1cccc(Nc2ncnc(N3CCC(OCc4ccccc4)CC3)n2)c1C. The molecular formula is C26H32N6O3. The minimum atomic E-state index is -0.537. The van der Waals surface area contributed by atoms with E-state index in [0.717, 1.165) is 37.2 Å². The number of carbonyl (C=O) groups excluding carboxylic acids is 1. The van der Waals surface area contributed by atoms with Crippen LogP contribution in [0.2, 0.25) is 0 Å². The van der Waals surface area contributed by atoms with Gasteiger partial charge in [0.15, 0.2) is 0 Å². The maximum absolute atomic E-state index is 12.2. The number of piperidine rings is 1. The summed E-state index contributed by atoms with van der Waals surface area (Å²) in [5.41, 5.74) is 3.58. The average Bonchev–Trinajstić information content (AvgIpc) is 2.90. The van der Waals surface area contributed by atoms with Crippen LogP contribution in [0.25, 0.3) is 0 Å². The van der Waals surface area contributed by atoms with Crippen molar-refractivity contribution >= 4 is 29.2 Å². The van der Waals surface area contributed by atoms with Crippen molar-refractivity contribution in [3.63, 3.8) is 0 Å². The molecule has 1 aromatic heterocycles. The second-order valence-corrected chi connectivity index (χ2v) is 8.56. The van der Waals surface area contributed by atoms with Gasteiger partial charge in [-0.15, -0.1) is 0 Å². The summed E-state index contributed by atoms with van der Waals surface area (Å²) in [6, 6.07) is 15.9. The molecule has 1 atom stereocenters. The van der Waals surface area contributed by atoms with E-state index in [1.165, 1.54) is 19.0 Å². The molecule has 1 fully saturated rings. The van der Waals surface area contributed by atoms with Crippen molar-refractivity contribution in [3.8, 4) is 0 Å². The summed E-state index contributed by atoms with van der Waals surface area (Å²) in [4.78, 5) is 27.7. The third-order valence-corrected chi connectivity index (χ3v) is 6.17. The van der Waals surface area contributed by atoms with Crippen LogP contribution >= 0.6 is 0 Å². The van der Waals surface area contributed by atoms with Gasteiger partial charge in [0, 0.05) is 31.6 Å². The fraction of sp³-hybridized carbons (Fsp3) is 0.385. The highest BCUT2D eigenvalue weighted by atomic mass is 16.5. The fourth-order valence-corrected chi connectivity index (χ4v) is 3.88. The van der Waals surface area contributed by atoms with Crippen molar-refractivity contribution < 1.29 is 14.3 Å². The molecule has 1 saturated heterocycles. The van der Waals surface area contributed by atoms with E-state index in [-0.39, 0.29) is 12.0 Å². The normalized spacial score (nSPS) is 15.0. The first-order chi connectivity index (χ1) is 17.0. The van der Waals surface area contributed by atoms with Crippen LogP contribution in [0.4, 0.5) is 23.3 Å². The Morgan fingerprint density at radius 1 is 1.09 bits per heavy atom. The van der Waals surface area contributed by atoms with Crippen LogP contribution in [-0.2, 0) is 20.9 Å². The quantitative estimate of drug-likeness (QED) is 0.476. The average molecular weight is 477 g/mol. The summed E-state index contributed by atoms with van der Waals surface area (Å²) in [5.74, 6) is 0.890. The van der Waals surface area contributed by atoms with Crippen LogP contribution in [0.3, 0.4) is 0 Å². The highest BCUT2D eigenvalue weighted by Crippen LogP contribution is 2.26. The number of benzene rings is 2. The van der Waals surface area contributed by atoms with Crippen molar-refractivity contribution in [2.75, 3.05) is 35.7 Å². The molecule has 0 spiro atoms. The second-order valence-electron chi connectivity index (χ2n) is 8.56. The van der Waals surface area contributed by atoms with E-state index in [9.17, 15) is 4.79 Å². The Morgan fingerprint density at radius 2 is 1.83 bits per heavy atom. The zero-order chi connectivity index (χ0) is 24.6. The molecule has 4 rings (SSSR count). The van der Waals surface area contributed by atoms with Crippen LogP contribution in [0.1, 0.15) is 30.9 Å². The Balaban J connectivity index is 1.35. The predicted molar refractivity (Wildman–Crippen MR) is 136 cm³/mol. The molecule has 1 amide bonds. The first-order valence-electron chi connectivity index (χ1n) is 11.8. The first-order valence-corrected chi connectivity index (χ1v) is 11.8. The van der Waals surface area contributed by atoms with Crippen LogP contribution in [0.15, 0.2) is 54.9 Å². The van der Waals surface area contributed by atoms with E-state index in [1.54, 1.807) is 6.92 Å². The lowest BCUT2D eigenvalue weighted by atomic mass is 10.1. The van der Waals surface area contributed by atoms with Crippen molar-refractivity contribution in [1.82, 2.24) is 15.0 Å². The van der Waals surface area contributed by atoms with Crippen LogP contribution in [-0.4, -0.2) is 53.3 Å². The minimum absolute atomic E-state index is 0.202. The molecule has 2 aromatic carbocycles. The lowest BCUT2D eigenvalue weighted by Gasteiger charge is -2.32. The Kier molecular flexibility index (Phi) is 8.23. The van der Waals surface area contributed by atoms with Gasteiger partial charge in [0.05, 0.1) is 12.7 Å². The molecule has 3 aromatic rings.